The Hall–Kier alpha value is -3.36. The van der Waals surface area contributed by atoms with E-state index in [2.05, 4.69) is 17.0 Å². The van der Waals surface area contributed by atoms with Crippen molar-refractivity contribution < 1.29 is 19.4 Å². The summed E-state index contributed by atoms with van der Waals surface area (Å²) in [4.78, 5) is 34.7. The number of carbonyl (C=O) groups excluding carboxylic acids is 1. The first-order chi connectivity index (χ1) is 16.9. The molecule has 2 fully saturated rings. The molecule has 8 nitrogen and oxygen atoms in total. The highest BCUT2D eigenvalue weighted by Crippen LogP contribution is 2.30. The predicted molar refractivity (Wildman–Crippen MR) is 135 cm³/mol. The summed E-state index contributed by atoms with van der Waals surface area (Å²) < 4.78 is 5.43. The fourth-order valence-electron chi connectivity index (χ4n) is 4.74. The first-order valence-electron chi connectivity index (χ1n) is 11.7. The number of hydrogen-bond acceptors (Lipinski definition) is 5. The first-order valence-corrected chi connectivity index (χ1v) is 12.1. The standard InChI is InChI=1S/C26H27ClN4O4/c1-17-16-30(8-9-31(17)26(33)34)25(32)19-4-7-21-22(27)15-23(28-24(21)14-19)18-2-5-20(6-3-18)29-10-12-35-13-11-29/h2-7,14-15,17H,8-13,16H2,1H3,(H,33,34). The van der Waals surface area contributed by atoms with E-state index >= 15 is 0 Å². The average Bonchev–Trinajstić information content (AvgIpc) is 2.88. The topological polar surface area (TPSA) is 86.2 Å². The maximum atomic E-state index is 13.2. The summed E-state index contributed by atoms with van der Waals surface area (Å²) in [6.45, 7) is 6.04. The monoisotopic (exact) mass is 494 g/mol. The highest BCUT2D eigenvalue weighted by atomic mass is 35.5. The maximum Gasteiger partial charge on any atom is 0.407 e. The molecule has 35 heavy (non-hydrogen) atoms. The number of benzene rings is 2. The van der Waals surface area contributed by atoms with Gasteiger partial charge in [0.1, 0.15) is 0 Å². The van der Waals surface area contributed by atoms with Crippen molar-refractivity contribution in [2.45, 2.75) is 13.0 Å². The van der Waals surface area contributed by atoms with Crippen molar-refractivity contribution in [3.05, 3.63) is 59.1 Å². The summed E-state index contributed by atoms with van der Waals surface area (Å²) in [5, 5.41) is 10.6. The number of halogens is 1. The lowest BCUT2D eigenvalue weighted by Crippen LogP contribution is -2.55. The molecule has 3 aromatic rings. The summed E-state index contributed by atoms with van der Waals surface area (Å²) in [5.74, 6) is -0.137. The summed E-state index contributed by atoms with van der Waals surface area (Å²) in [6.07, 6.45) is -0.959. The fourth-order valence-corrected chi connectivity index (χ4v) is 5.00. The number of morpholine rings is 1. The van der Waals surface area contributed by atoms with Crippen LogP contribution in [0.5, 0.6) is 0 Å². The van der Waals surface area contributed by atoms with Gasteiger partial charge in [0.05, 0.1) is 29.4 Å². The lowest BCUT2D eigenvalue weighted by atomic mass is 10.1. The predicted octanol–water partition coefficient (Wildman–Crippen LogP) is 4.22. The molecule has 0 bridgehead atoms. The maximum absolute atomic E-state index is 13.2. The normalized spacial score (nSPS) is 18.7. The quantitative estimate of drug-likeness (QED) is 0.587. The average molecular weight is 495 g/mol. The molecule has 1 unspecified atom stereocenters. The second kappa shape index (κ2) is 9.71. The minimum absolute atomic E-state index is 0.137. The van der Waals surface area contributed by atoms with Gasteiger partial charge in [-0.25, -0.2) is 9.78 Å². The van der Waals surface area contributed by atoms with Crippen molar-refractivity contribution in [3.8, 4) is 11.3 Å². The summed E-state index contributed by atoms with van der Waals surface area (Å²) >= 11 is 6.59. The molecule has 1 atom stereocenters. The van der Waals surface area contributed by atoms with E-state index in [0.29, 0.717) is 35.7 Å². The van der Waals surface area contributed by atoms with Crippen LogP contribution in [0.15, 0.2) is 48.5 Å². The van der Waals surface area contributed by atoms with Crippen LogP contribution in [-0.2, 0) is 4.74 Å². The molecule has 2 aliphatic heterocycles. The Bertz CT molecular complexity index is 1260. The molecule has 2 aliphatic rings. The summed E-state index contributed by atoms with van der Waals surface area (Å²) in [7, 11) is 0. The van der Waals surface area contributed by atoms with Crippen molar-refractivity contribution in [2.75, 3.05) is 50.8 Å². The number of carboxylic acid groups (broad SMARTS) is 1. The Morgan fingerprint density at radius 3 is 2.46 bits per heavy atom. The third kappa shape index (κ3) is 4.76. The van der Waals surface area contributed by atoms with Gasteiger partial charge in [0, 0.05) is 61.0 Å². The molecule has 2 amide bonds. The number of pyridine rings is 1. The van der Waals surface area contributed by atoms with Gasteiger partial charge in [-0.05, 0) is 37.3 Å². The van der Waals surface area contributed by atoms with Crippen LogP contribution in [0, 0.1) is 0 Å². The number of nitrogens with zero attached hydrogens (tertiary/aromatic N) is 4. The summed E-state index contributed by atoms with van der Waals surface area (Å²) in [6, 6.07) is 15.2. The molecule has 0 saturated carbocycles. The van der Waals surface area contributed by atoms with E-state index in [4.69, 9.17) is 21.3 Å². The van der Waals surface area contributed by atoms with Crippen molar-refractivity contribution in [1.29, 1.82) is 0 Å². The van der Waals surface area contributed by atoms with E-state index in [1.807, 2.05) is 31.2 Å². The van der Waals surface area contributed by atoms with Crippen molar-refractivity contribution in [1.82, 2.24) is 14.8 Å². The van der Waals surface area contributed by atoms with Gasteiger partial charge in [-0.1, -0.05) is 29.8 Å². The zero-order valence-corrected chi connectivity index (χ0v) is 20.2. The molecule has 1 aromatic heterocycles. The Balaban J connectivity index is 1.39. The number of carbonyl (C=O) groups is 2. The van der Waals surface area contributed by atoms with Crippen LogP contribution in [0.3, 0.4) is 0 Å². The van der Waals surface area contributed by atoms with Gasteiger partial charge in [0.25, 0.3) is 5.91 Å². The van der Waals surface area contributed by atoms with E-state index in [0.717, 1.165) is 48.6 Å². The highest BCUT2D eigenvalue weighted by Gasteiger charge is 2.30. The number of fused-ring (bicyclic) bond motifs is 1. The van der Waals surface area contributed by atoms with Crippen LogP contribution < -0.4 is 4.90 Å². The smallest absolute Gasteiger partial charge is 0.407 e. The van der Waals surface area contributed by atoms with Gasteiger partial charge in [-0.15, -0.1) is 0 Å². The molecule has 0 radical (unpaired) electrons. The molecular formula is C26H27ClN4O4. The van der Waals surface area contributed by atoms with Crippen LogP contribution in [0.25, 0.3) is 22.2 Å². The lowest BCUT2D eigenvalue weighted by molar-refractivity contribution is 0.0507. The number of aromatic nitrogens is 1. The largest absolute Gasteiger partial charge is 0.465 e. The van der Waals surface area contributed by atoms with E-state index in [-0.39, 0.29) is 11.9 Å². The van der Waals surface area contributed by atoms with Crippen molar-refractivity contribution in [2.24, 2.45) is 0 Å². The molecule has 1 N–H and O–H groups in total. The zero-order valence-electron chi connectivity index (χ0n) is 19.5. The van der Waals surface area contributed by atoms with Gasteiger partial charge in [0.15, 0.2) is 0 Å². The van der Waals surface area contributed by atoms with Crippen LogP contribution in [0.1, 0.15) is 17.3 Å². The number of piperazine rings is 1. The molecule has 5 rings (SSSR count). The van der Waals surface area contributed by atoms with Crippen molar-refractivity contribution in [3.63, 3.8) is 0 Å². The number of ether oxygens (including phenoxy) is 1. The van der Waals surface area contributed by atoms with Crippen molar-refractivity contribution >= 4 is 40.2 Å². The van der Waals surface area contributed by atoms with E-state index < -0.39 is 6.09 Å². The van der Waals surface area contributed by atoms with Gasteiger partial charge in [-0.2, -0.15) is 0 Å². The zero-order chi connectivity index (χ0) is 24.5. The molecule has 2 aromatic carbocycles. The van der Waals surface area contributed by atoms with Crippen LogP contribution in [0.4, 0.5) is 10.5 Å². The molecule has 2 saturated heterocycles. The minimum Gasteiger partial charge on any atom is -0.465 e. The van der Waals surface area contributed by atoms with Gasteiger partial charge >= 0.3 is 6.09 Å². The van der Waals surface area contributed by atoms with Gasteiger partial charge in [-0.3, -0.25) is 4.79 Å². The third-order valence-corrected chi connectivity index (χ3v) is 7.02. The molecule has 182 valence electrons. The SMILES string of the molecule is CC1CN(C(=O)c2ccc3c(Cl)cc(-c4ccc(N5CCOCC5)cc4)nc3c2)CCN1C(=O)O. The number of amides is 2. The third-order valence-electron chi connectivity index (χ3n) is 6.71. The number of rotatable bonds is 3. The molecule has 0 spiro atoms. The molecular weight excluding hydrogens is 468 g/mol. The van der Waals surface area contributed by atoms with E-state index in [9.17, 15) is 14.7 Å². The Morgan fingerprint density at radius 1 is 1.03 bits per heavy atom. The second-order valence-corrected chi connectivity index (χ2v) is 9.35. The van der Waals surface area contributed by atoms with Crippen LogP contribution >= 0.6 is 11.6 Å². The van der Waals surface area contributed by atoms with Gasteiger partial charge in [0.2, 0.25) is 0 Å². The Morgan fingerprint density at radius 2 is 1.77 bits per heavy atom. The number of hydrogen-bond donors (Lipinski definition) is 1. The van der Waals surface area contributed by atoms with Crippen LogP contribution in [0.2, 0.25) is 5.02 Å². The van der Waals surface area contributed by atoms with Gasteiger partial charge < -0.3 is 24.5 Å². The Kier molecular flexibility index (Phi) is 6.49. The minimum atomic E-state index is -0.959. The second-order valence-electron chi connectivity index (χ2n) is 8.94. The highest BCUT2D eigenvalue weighted by molar-refractivity contribution is 6.35. The molecule has 9 heteroatoms. The number of anilines is 1. The fraction of sp³-hybridized carbons (Fsp3) is 0.346. The Labute approximate surface area is 208 Å². The van der Waals surface area contributed by atoms with E-state index in [1.54, 1.807) is 17.0 Å². The first kappa shape index (κ1) is 23.4. The summed E-state index contributed by atoms with van der Waals surface area (Å²) in [5.41, 5.74) is 3.99. The lowest BCUT2D eigenvalue weighted by Gasteiger charge is -2.38. The van der Waals surface area contributed by atoms with Crippen LogP contribution in [-0.4, -0.2) is 83.9 Å². The molecule has 3 heterocycles. The molecule has 0 aliphatic carbocycles. The van der Waals surface area contributed by atoms with E-state index in [1.165, 1.54) is 4.90 Å².